The molecule has 0 bridgehead atoms. The summed E-state index contributed by atoms with van der Waals surface area (Å²) >= 11 is 0. The lowest BCUT2D eigenvalue weighted by Crippen LogP contribution is -2.46. The molecule has 2 aliphatic heterocycles. The first kappa shape index (κ1) is 20.2. The number of rotatable bonds is 5. The molecule has 34 heavy (non-hydrogen) atoms. The molecule has 0 spiro atoms. The Morgan fingerprint density at radius 1 is 1.12 bits per heavy atom. The lowest BCUT2D eigenvalue weighted by atomic mass is 9.82. The molecule has 1 fully saturated rings. The maximum absolute atomic E-state index is 13.2. The zero-order chi connectivity index (χ0) is 23.4. The summed E-state index contributed by atoms with van der Waals surface area (Å²) in [5.74, 6) is -0.129. The number of hydrogen-bond acceptors (Lipinski definition) is 6. The Morgan fingerprint density at radius 2 is 2.00 bits per heavy atom. The minimum absolute atomic E-state index is 0.0215. The van der Waals surface area contributed by atoms with E-state index in [9.17, 15) is 14.4 Å². The fraction of sp³-hybridized carbons (Fsp3) is 0.200. The fourth-order valence-electron chi connectivity index (χ4n) is 4.83. The van der Waals surface area contributed by atoms with E-state index < -0.39 is 17.2 Å². The number of furan rings is 1. The molecule has 2 aliphatic rings. The predicted octanol–water partition coefficient (Wildman–Crippen LogP) is 2.77. The first-order valence-electron chi connectivity index (χ1n) is 10.8. The van der Waals surface area contributed by atoms with E-state index in [0.29, 0.717) is 29.2 Å². The second-order valence-corrected chi connectivity index (χ2v) is 8.65. The summed E-state index contributed by atoms with van der Waals surface area (Å²) in [4.78, 5) is 40.2. The topological polar surface area (TPSA) is 118 Å². The standard InChI is InChI=1S/C25H20N4O5/c1-33-17-4-2-15-12-29(23(31)18(15)10-17)13-25(11-22(30)27-24(25)32)21-9-16-8-14(3-5-20(16)34-21)19-6-7-26-28-19/h2-10H,11-13H2,1H3,(H,26,28)(H,27,30,32)/t25-/m1/s1. The van der Waals surface area contributed by atoms with Crippen molar-refractivity contribution < 1.29 is 23.5 Å². The van der Waals surface area contributed by atoms with Crippen LogP contribution in [-0.4, -0.2) is 46.5 Å². The maximum atomic E-state index is 13.2. The van der Waals surface area contributed by atoms with Gasteiger partial charge in [0.05, 0.1) is 19.2 Å². The van der Waals surface area contributed by atoms with Crippen LogP contribution in [0.15, 0.2) is 59.1 Å². The van der Waals surface area contributed by atoms with Gasteiger partial charge in [-0.25, -0.2) is 0 Å². The molecular formula is C25H20N4O5. The van der Waals surface area contributed by atoms with Crippen LogP contribution in [0.3, 0.4) is 0 Å². The number of aromatic amines is 1. The smallest absolute Gasteiger partial charge is 0.254 e. The van der Waals surface area contributed by atoms with Crippen LogP contribution in [0.1, 0.15) is 28.1 Å². The van der Waals surface area contributed by atoms with Crippen LogP contribution in [0.2, 0.25) is 0 Å². The summed E-state index contributed by atoms with van der Waals surface area (Å²) in [6.45, 7) is 0.360. The van der Waals surface area contributed by atoms with Crippen LogP contribution < -0.4 is 10.1 Å². The van der Waals surface area contributed by atoms with E-state index in [1.165, 1.54) is 0 Å². The van der Waals surface area contributed by atoms with Gasteiger partial charge in [0.2, 0.25) is 11.8 Å². The number of nitrogens with zero attached hydrogens (tertiary/aromatic N) is 2. The highest BCUT2D eigenvalue weighted by Crippen LogP contribution is 2.39. The number of nitrogens with one attached hydrogen (secondary N) is 2. The van der Waals surface area contributed by atoms with Crippen molar-refractivity contribution in [2.45, 2.75) is 18.4 Å². The zero-order valence-electron chi connectivity index (χ0n) is 18.3. The van der Waals surface area contributed by atoms with Crippen LogP contribution in [-0.2, 0) is 21.5 Å². The van der Waals surface area contributed by atoms with Crippen molar-refractivity contribution in [2.75, 3.05) is 13.7 Å². The number of carbonyl (C=O) groups is 3. The molecule has 1 saturated heterocycles. The Kier molecular flexibility index (Phi) is 4.35. The largest absolute Gasteiger partial charge is 0.497 e. The normalized spacial score (nSPS) is 19.7. The van der Waals surface area contributed by atoms with E-state index in [1.807, 2.05) is 30.3 Å². The first-order valence-corrected chi connectivity index (χ1v) is 10.8. The fourth-order valence-corrected chi connectivity index (χ4v) is 4.83. The summed E-state index contributed by atoms with van der Waals surface area (Å²) in [5.41, 5.74) is 2.42. The average Bonchev–Trinajstić information content (AvgIpc) is 3.61. The third-order valence-corrected chi connectivity index (χ3v) is 6.61. The number of benzene rings is 2. The molecule has 4 aromatic rings. The molecular weight excluding hydrogens is 436 g/mol. The number of methoxy groups -OCH3 is 1. The monoisotopic (exact) mass is 456 g/mol. The lowest BCUT2D eigenvalue weighted by molar-refractivity contribution is -0.126. The summed E-state index contributed by atoms with van der Waals surface area (Å²) < 4.78 is 11.4. The molecule has 3 amide bonds. The Labute approximate surface area is 193 Å². The number of aromatic nitrogens is 2. The molecule has 2 aromatic carbocycles. The van der Waals surface area contributed by atoms with Gasteiger partial charge in [0.25, 0.3) is 5.91 Å². The van der Waals surface area contributed by atoms with Gasteiger partial charge in [-0.05, 0) is 48.0 Å². The molecule has 0 saturated carbocycles. The number of carbonyl (C=O) groups excluding carboxylic acids is 3. The highest BCUT2D eigenvalue weighted by molar-refractivity contribution is 6.10. The molecule has 4 heterocycles. The molecule has 9 nitrogen and oxygen atoms in total. The summed E-state index contributed by atoms with van der Waals surface area (Å²) in [6, 6.07) is 14.6. The van der Waals surface area contributed by atoms with Crippen molar-refractivity contribution in [1.29, 1.82) is 0 Å². The van der Waals surface area contributed by atoms with Crippen molar-refractivity contribution in [3.8, 4) is 17.0 Å². The third-order valence-electron chi connectivity index (χ3n) is 6.61. The van der Waals surface area contributed by atoms with Gasteiger partial charge in [-0.1, -0.05) is 6.07 Å². The number of H-pyrrole nitrogens is 1. The first-order chi connectivity index (χ1) is 16.5. The maximum Gasteiger partial charge on any atom is 0.254 e. The van der Waals surface area contributed by atoms with E-state index in [4.69, 9.17) is 9.15 Å². The number of hydrogen-bond donors (Lipinski definition) is 2. The van der Waals surface area contributed by atoms with E-state index >= 15 is 0 Å². The number of fused-ring (bicyclic) bond motifs is 2. The number of amides is 3. The number of ether oxygens (including phenoxy) is 1. The van der Waals surface area contributed by atoms with Crippen molar-refractivity contribution in [2.24, 2.45) is 0 Å². The van der Waals surface area contributed by atoms with Crippen LogP contribution >= 0.6 is 0 Å². The van der Waals surface area contributed by atoms with Crippen molar-refractivity contribution in [3.05, 3.63) is 71.6 Å². The predicted molar refractivity (Wildman–Crippen MR) is 121 cm³/mol. The quantitative estimate of drug-likeness (QED) is 0.446. The summed E-state index contributed by atoms with van der Waals surface area (Å²) in [5, 5.41) is 10.1. The lowest BCUT2D eigenvalue weighted by Gasteiger charge is -2.28. The van der Waals surface area contributed by atoms with Gasteiger partial charge >= 0.3 is 0 Å². The molecule has 0 aliphatic carbocycles. The van der Waals surface area contributed by atoms with Crippen molar-refractivity contribution >= 4 is 28.7 Å². The van der Waals surface area contributed by atoms with Crippen LogP contribution in [0.4, 0.5) is 0 Å². The molecule has 1 atom stereocenters. The van der Waals surface area contributed by atoms with Gasteiger partial charge in [0, 0.05) is 35.8 Å². The van der Waals surface area contributed by atoms with E-state index in [-0.39, 0.29) is 18.9 Å². The Balaban J connectivity index is 1.39. The van der Waals surface area contributed by atoms with Gasteiger partial charge in [-0.15, -0.1) is 0 Å². The van der Waals surface area contributed by atoms with E-state index in [2.05, 4.69) is 15.5 Å². The van der Waals surface area contributed by atoms with E-state index in [1.54, 1.807) is 36.4 Å². The molecule has 6 rings (SSSR count). The minimum Gasteiger partial charge on any atom is -0.497 e. The molecule has 2 aromatic heterocycles. The Bertz CT molecular complexity index is 1470. The molecule has 0 radical (unpaired) electrons. The second-order valence-electron chi connectivity index (χ2n) is 8.65. The van der Waals surface area contributed by atoms with E-state index in [0.717, 1.165) is 22.2 Å². The van der Waals surface area contributed by atoms with Gasteiger partial charge in [0.1, 0.15) is 22.5 Å². The van der Waals surface area contributed by atoms with Crippen molar-refractivity contribution in [3.63, 3.8) is 0 Å². The zero-order valence-corrected chi connectivity index (χ0v) is 18.3. The van der Waals surface area contributed by atoms with Crippen LogP contribution in [0.25, 0.3) is 22.2 Å². The van der Waals surface area contributed by atoms with Gasteiger partial charge in [0.15, 0.2) is 0 Å². The van der Waals surface area contributed by atoms with Gasteiger partial charge < -0.3 is 14.1 Å². The average molecular weight is 456 g/mol. The second kappa shape index (κ2) is 7.31. The summed E-state index contributed by atoms with van der Waals surface area (Å²) in [7, 11) is 1.54. The Morgan fingerprint density at radius 3 is 2.74 bits per heavy atom. The molecule has 9 heteroatoms. The SMILES string of the molecule is COc1ccc2c(c1)C(=O)N(C[C@@]1(c3cc4cc(-c5ccn[nH]5)ccc4o3)CC(=O)NC1=O)C2. The Hall–Kier alpha value is -4.40. The van der Waals surface area contributed by atoms with Gasteiger partial charge in [-0.3, -0.25) is 24.8 Å². The molecule has 0 unspecified atom stereocenters. The van der Waals surface area contributed by atoms with Crippen LogP contribution in [0, 0.1) is 0 Å². The molecule has 2 N–H and O–H groups in total. The minimum atomic E-state index is -1.31. The van der Waals surface area contributed by atoms with Crippen LogP contribution in [0.5, 0.6) is 5.75 Å². The highest BCUT2D eigenvalue weighted by atomic mass is 16.5. The third kappa shape index (κ3) is 3.01. The highest BCUT2D eigenvalue weighted by Gasteiger charge is 2.53. The van der Waals surface area contributed by atoms with Gasteiger partial charge in [-0.2, -0.15) is 5.10 Å². The number of imide groups is 1. The van der Waals surface area contributed by atoms with Crippen molar-refractivity contribution in [1.82, 2.24) is 20.4 Å². The molecule has 170 valence electrons. The summed E-state index contributed by atoms with van der Waals surface area (Å²) in [6.07, 6.45) is 1.58.